The number of hydrazone groups is 1. The summed E-state index contributed by atoms with van der Waals surface area (Å²) in [6, 6.07) is 15.7. The van der Waals surface area contributed by atoms with Gasteiger partial charge in [-0.3, -0.25) is 9.69 Å². The third-order valence-corrected chi connectivity index (χ3v) is 3.79. The van der Waals surface area contributed by atoms with Crippen LogP contribution < -0.4 is 10.2 Å². The number of nitrogens with one attached hydrogen (secondary N) is 1. The van der Waals surface area contributed by atoms with Crippen molar-refractivity contribution < 1.29 is 9.53 Å². The molecule has 0 fully saturated rings. The maximum Gasteiger partial charge on any atom is 0.254 e. The first-order valence-electron chi connectivity index (χ1n) is 7.50. The van der Waals surface area contributed by atoms with Crippen LogP contribution in [0.4, 0.5) is 0 Å². The monoisotopic (exact) mass is 309 g/mol. The molecule has 1 N–H and O–H groups in total. The van der Waals surface area contributed by atoms with Crippen LogP contribution >= 0.6 is 0 Å². The molecule has 118 valence electrons. The number of carbonyl (C=O) groups is 1. The molecule has 0 unspecified atom stereocenters. The summed E-state index contributed by atoms with van der Waals surface area (Å²) in [6.45, 7) is 1.96. The molecule has 0 aromatic heterocycles. The molecular weight excluding hydrogens is 290 g/mol. The van der Waals surface area contributed by atoms with Crippen LogP contribution in [0.5, 0.6) is 5.75 Å². The summed E-state index contributed by atoms with van der Waals surface area (Å²) in [5.41, 5.74) is 6.06. The molecule has 5 heteroatoms. The van der Waals surface area contributed by atoms with Crippen molar-refractivity contribution in [3.63, 3.8) is 0 Å². The van der Waals surface area contributed by atoms with E-state index >= 15 is 0 Å². The van der Waals surface area contributed by atoms with E-state index in [2.05, 4.69) is 27.6 Å². The van der Waals surface area contributed by atoms with Crippen molar-refractivity contribution in [3.05, 3.63) is 65.2 Å². The van der Waals surface area contributed by atoms with E-state index in [-0.39, 0.29) is 5.91 Å². The van der Waals surface area contributed by atoms with Gasteiger partial charge in [0.05, 0.1) is 19.9 Å². The summed E-state index contributed by atoms with van der Waals surface area (Å²) >= 11 is 0. The van der Waals surface area contributed by atoms with E-state index in [0.29, 0.717) is 6.54 Å². The Morgan fingerprint density at radius 3 is 2.43 bits per heavy atom. The molecule has 0 saturated heterocycles. The molecule has 1 aliphatic heterocycles. The Kier molecular flexibility index (Phi) is 4.68. The Morgan fingerprint density at radius 2 is 1.83 bits per heavy atom. The third kappa shape index (κ3) is 3.96. The fraction of sp³-hybridized carbons (Fsp3) is 0.222. The Bertz CT molecular complexity index is 685. The highest BCUT2D eigenvalue weighted by atomic mass is 16.5. The van der Waals surface area contributed by atoms with Crippen molar-refractivity contribution in [2.75, 3.05) is 13.7 Å². The summed E-state index contributed by atoms with van der Waals surface area (Å²) in [5, 5.41) is 4.00. The fourth-order valence-electron chi connectivity index (χ4n) is 2.62. The van der Waals surface area contributed by atoms with Crippen LogP contribution in [0.3, 0.4) is 0 Å². The van der Waals surface area contributed by atoms with E-state index in [4.69, 9.17) is 4.74 Å². The molecule has 0 saturated carbocycles. The van der Waals surface area contributed by atoms with Gasteiger partial charge in [-0.25, -0.2) is 5.43 Å². The molecule has 0 aliphatic carbocycles. The fourth-order valence-corrected chi connectivity index (χ4v) is 2.62. The van der Waals surface area contributed by atoms with Gasteiger partial charge in [0.15, 0.2) is 0 Å². The van der Waals surface area contributed by atoms with Crippen LogP contribution in [0.15, 0.2) is 53.6 Å². The smallest absolute Gasteiger partial charge is 0.254 e. The molecule has 3 rings (SSSR count). The average molecular weight is 309 g/mol. The second kappa shape index (κ2) is 7.07. The van der Waals surface area contributed by atoms with Crippen LogP contribution in [-0.4, -0.2) is 30.7 Å². The van der Waals surface area contributed by atoms with Crippen LogP contribution in [0.2, 0.25) is 0 Å². The maximum absolute atomic E-state index is 12.0. The number of ether oxygens (including phenoxy) is 1. The summed E-state index contributed by atoms with van der Waals surface area (Å²) in [4.78, 5) is 14.1. The molecule has 5 nitrogen and oxygen atoms in total. The second-order valence-electron chi connectivity index (χ2n) is 5.48. The zero-order valence-electron chi connectivity index (χ0n) is 13.0. The van der Waals surface area contributed by atoms with E-state index < -0.39 is 0 Å². The van der Waals surface area contributed by atoms with Crippen LogP contribution in [-0.2, 0) is 17.9 Å². The summed E-state index contributed by atoms with van der Waals surface area (Å²) < 4.78 is 5.09. The topological polar surface area (TPSA) is 53.9 Å². The first-order chi connectivity index (χ1) is 11.2. The predicted octanol–water partition coefficient (Wildman–Crippen LogP) is 2.16. The maximum atomic E-state index is 12.0. The highest BCUT2D eigenvalue weighted by Crippen LogP contribution is 2.21. The summed E-state index contributed by atoms with van der Waals surface area (Å²) in [6.07, 6.45) is 1.62. The molecule has 2 aromatic carbocycles. The lowest BCUT2D eigenvalue weighted by atomic mass is 10.1. The molecule has 0 spiro atoms. The lowest BCUT2D eigenvalue weighted by Gasteiger charge is -2.12. The van der Waals surface area contributed by atoms with Gasteiger partial charge < -0.3 is 4.74 Å². The van der Waals surface area contributed by atoms with E-state index in [1.807, 2.05) is 36.4 Å². The Morgan fingerprint density at radius 1 is 1.17 bits per heavy atom. The van der Waals surface area contributed by atoms with Gasteiger partial charge in [-0.05, 0) is 41.0 Å². The summed E-state index contributed by atoms with van der Waals surface area (Å²) in [7, 11) is 1.62. The number of hydrogen-bond donors (Lipinski definition) is 1. The SMILES string of the molecule is COc1ccc(/C=N\NC(=O)CN2Cc3ccccc3C2)cc1. The van der Waals surface area contributed by atoms with Crippen molar-refractivity contribution in [1.29, 1.82) is 0 Å². The van der Waals surface area contributed by atoms with E-state index in [1.54, 1.807) is 13.3 Å². The van der Waals surface area contributed by atoms with E-state index in [0.717, 1.165) is 24.4 Å². The normalized spacial score (nSPS) is 14.0. The Labute approximate surface area is 135 Å². The zero-order chi connectivity index (χ0) is 16.1. The zero-order valence-corrected chi connectivity index (χ0v) is 13.0. The number of amides is 1. The van der Waals surface area contributed by atoms with Crippen molar-refractivity contribution in [3.8, 4) is 5.75 Å². The number of nitrogens with zero attached hydrogens (tertiary/aromatic N) is 2. The minimum absolute atomic E-state index is 0.109. The van der Waals surface area contributed by atoms with Crippen LogP contribution in [0, 0.1) is 0 Å². The number of benzene rings is 2. The highest BCUT2D eigenvalue weighted by molar-refractivity contribution is 5.83. The number of hydrogen-bond acceptors (Lipinski definition) is 4. The molecule has 1 heterocycles. The molecular formula is C18H19N3O2. The van der Waals surface area contributed by atoms with E-state index in [9.17, 15) is 4.79 Å². The molecule has 1 aliphatic rings. The van der Waals surface area contributed by atoms with E-state index in [1.165, 1.54) is 11.1 Å². The minimum Gasteiger partial charge on any atom is -0.497 e. The first-order valence-corrected chi connectivity index (χ1v) is 7.50. The van der Waals surface area contributed by atoms with Crippen LogP contribution in [0.1, 0.15) is 16.7 Å². The average Bonchev–Trinajstić information content (AvgIpc) is 2.97. The number of rotatable bonds is 5. The van der Waals surface area contributed by atoms with Gasteiger partial charge >= 0.3 is 0 Å². The van der Waals surface area contributed by atoms with Gasteiger partial charge in [-0.15, -0.1) is 0 Å². The summed E-state index contributed by atoms with van der Waals surface area (Å²) in [5.74, 6) is 0.683. The Balaban J connectivity index is 1.47. The molecule has 0 atom stereocenters. The minimum atomic E-state index is -0.109. The molecule has 0 radical (unpaired) electrons. The Hall–Kier alpha value is -2.66. The van der Waals surface area contributed by atoms with Gasteiger partial charge in [0.2, 0.25) is 0 Å². The van der Waals surface area contributed by atoms with Gasteiger partial charge in [0, 0.05) is 13.1 Å². The lowest BCUT2D eigenvalue weighted by Crippen LogP contribution is -2.32. The van der Waals surface area contributed by atoms with Gasteiger partial charge in [-0.1, -0.05) is 24.3 Å². The van der Waals surface area contributed by atoms with Gasteiger partial charge in [-0.2, -0.15) is 5.10 Å². The predicted molar refractivity (Wildman–Crippen MR) is 89.3 cm³/mol. The lowest BCUT2D eigenvalue weighted by molar-refractivity contribution is -0.122. The number of fused-ring (bicyclic) bond motifs is 1. The van der Waals surface area contributed by atoms with Gasteiger partial charge in [0.1, 0.15) is 5.75 Å². The molecule has 0 bridgehead atoms. The third-order valence-electron chi connectivity index (χ3n) is 3.79. The van der Waals surface area contributed by atoms with Crippen LogP contribution in [0.25, 0.3) is 0 Å². The quantitative estimate of drug-likeness (QED) is 0.680. The molecule has 23 heavy (non-hydrogen) atoms. The van der Waals surface area contributed by atoms with Crippen molar-refractivity contribution >= 4 is 12.1 Å². The highest BCUT2D eigenvalue weighted by Gasteiger charge is 2.19. The second-order valence-corrected chi connectivity index (χ2v) is 5.48. The van der Waals surface area contributed by atoms with Gasteiger partial charge in [0.25, 0.3) is 5.91 Å². The number of carbonyl (C=O) groups excluding carboxylic acids is 1. The van der Waals surface area contributed by atoms with Crippen molar-refractivity contribution in [1.82, 2.24) is 10.3 Å². The standard InChI is InChI=1S/C18H19N3O2/c1-23-17-8-6-14(7-9-17)10-19-20-18(22)13-21-11-15-4-2-3-5-16(15)12-21/h2-10H,11-13H2,1H3,(H,20,22)/b19-10-. The first kappa shape index (κ1) is 15.2. The number of methoxy groups -OCH3 is 1. The largest absolute Gasteiger partial charge is 0.497 e. The molecule has 1 amide bonds. The van der Waals surface area contributed by atoms with Crippen molar-refractivity contribution in [2.24, 2.45) is 5.10 Å². The van der Waals surface area contributed by atoms with Crippen molar-refractivity contribution in [2.45, 2.75) is 13.1 Å². The molecule has 2 aromatic rings.